The number of rotatable bonds is 4. The van der Waals surface area contributed by atoms with Crippen LogP contribution in [0, 0.1) is 0 Å². The monoisotopic (exact) mass is 273 g/mol. The van der Waals surface area contributed by atoms with E-state index in [1.165, 1.54) is 6.42 Å². The Kier molecular flexibility index (Phi) is 4.08. The highest BCUT2D eigenvalue weighted by molar-refractivity contribution is 5.31. The van der Waals surface area contributed by atoms with Crippen LogP contribution in [0.2, 0.25) is 0 Å². The number of benzene rings is 1. The number of hydrogen-bond acceptors (Lipinski definition) is 4. The molecule has 1 aliphatic rings. The summed E-state index contributed by atoms with van der Waals surface area (Å²) in [6, 6.07) is 9.73. The van der Waals surface area contributed by atoms with Crippen LogP contribution in [-0.2, 0) is 4.74 Å². The highest BCUT2D eigenvalue weighted by Gasteiger charge is 2.22. The van der Waals surface area contributed by atoms with Gasteiger partial charge in [0.1, 0.15) is 6.10 Å². The van der Waals surface area contributed by atoms with E-state index in [9.17, 15) is 5.11 Å². The maximum absolute atomic E-state index is 10.4. The largest absolute Gasteiger partial charge is 0.387 e. The molecule has 2 atom stereocenters. The molecular weight excluding hydrogens is 254 g/mol. The summed E-state index contributed by atoms with van der Waals surface area (Å²) in [5.41, 5.74) is 1.62. The number of aromatic nitrogens is 3. The molecule has 5 heteroatoms. The van der Waals surface area contributed by atoms with E-state index in [0.29, 0.717) is 12.1 Å². The van der Waals surface area contributed by atoms with Crippen LogP contribution in [0.1, 0.15) is 37.5 Å². The average molecular weight is 273 g/mol. The van der Waals surface area contributed by atoms with Gasteiger partial charge in [0, 0.05) is 13.0 Å². The maximum Gasteiger partial charge on any atom is 0.100 e. The molecule has 0 spiro atoms. The summed E-state index contributed by atoms with van der Waals surface area (Å²) >= 11 is 0. The second-order valence-electron chi connectivity index (χ2n) is 5.15. The number of aliphatic hydroxyl groups is 1. The smallest absolute Gasteiger partial charge is 0.100 e. The molecule has 2 aromatic rings. The van der Waals surface area contributed by atoms with Crippen molar-refractivity contribution in [3.8, 4) is 5.69 Å². The topological polar surface area (TPSA) is 60.2 Å². The third kappa shape index (κ3) is 2.89. The Morgan fingerprint density at radius 1 is 1.30 bits per heavy atom. The molecule has 0 radical (unpaired) electrons. The van der Waals surface area contributed by atoms with Gasteiger partial charge < -0.3 is 9.84 Å². The van der Waals surface area contributed by atoms with Gasteiger partial charge in [-0.3, -0.25) is 0 Å². The fourth-order valence-electron chi connectivity index (χ4n) is 2.60. The molecule has 0 saturated carbocycles. The number of hydrogen-bond donors (Lipinski definition) is 1. The third-order valence-corrected chi connectivity index (χ3v) is 3.68. The van der Waals surface area contributed by atoms with Gasteiger partial charge in [0.25, 0.3) is 0 Å². The van der Waals surface area contributed by atoms with Crippen LogP contribution in [0.25, 0.3) is 5.69 Å². The van der Waals surface area contributed by atoms with Crippen LogP contribution >= 0.6 is 0 Å². The lowest BCUT2D eigenvalue weighted by atomic mass is 10.0. The number of ether oxygens (including phenoxy) is 1. The third-order valence-electron chi connectivity index (χ3n) is 3.68. The molecule has 3 rings (SSSR count). The molecule has 2 unspecified atom stereocenters. The minimum Gasteiger partial charge on any atom is -0.387 e. The van der Waals surface area contributed by atoms with Gasteiger partial charge in [0.2, 0.25) is 0 Å². The molecule has 1 aliphatic heterocycles. The van der Waals surface area contributed by atoms with Crippen LogP contribution < -0.4 is 0 Å². The zero-order valence-electron chi connectivity index (χ0n) is 11.4. The van der Waals surface area contributed by atoms with Crippen molar-refractivity contribution >= 4 is 0 Å². The second kappa shape index (κ2) is 6.15. The molecular formula is C15H19N3O2. The van der Waals surface area contributed by atoms with E-state index in [1.54, 1.807) is 10.9 Å². The normalized spacial score (nSPS) is 20.8. The Bertz CT molecular complexity index is 535. The Hall–Kier alpha value is -1.72. The van der Waals surface area contributed by atoms with Crippen LogP contribution in [0.5, 0.6) is 0 Å². The summed E-state index contributed by atoms with van der Waals surface area (Å²) in [4.78, 5) is 0. The Labute approximate surface area is 118 Å². The van der Waals surface area contributed by atoms with Crippen LogP contribution in [-0.4, -0.2) is 32.8 Å². The first-order valence-electron chi connectivity index (χ1n) is 7.10. The van der Waals surface area contributed by atoms with Crippen molar-refractivity contribution in [3.63, 3.8) is 0 Å². The number of para-hydroxylation sites is 1. The molecule has 0 amide bonds. The predicted octanol–water partition coefficient (Wildman–Crippen LogP) is 2.26. The van der Waals surface area contributed by atoms with Gasteiger partial charge >= 0.3 is 0 Å². The first-order chi connectivity index (χ1) is 9.84. The van der Waals surface area contributed by atoms with Gasteiger partial charge in [-0.25, -0.2) is 4.68 Å². The molecule has 1 fully saturated rings. The average Bonchev–Trinajstić information content (AvgIpc) is 2.99. The number of nitrogens with zero attached hydrogens (tertiary/aromatic N) is 3. The molecule has 1 saturated heterocycles. The van der Waals surface area contributed by atoms with E-state index in [-0.39, 0.29) is 6.10 Å². The van der Waals surface area contributed by atoms with Gasteiger partial charge in [-0.1, -0.05) is 23.4 Å². The van der Waals surface area contributed by atoms with Gasteiger partial charge in [0.15, 0.2) is 0 Å². The van der Waals surface area contributed by atoms with Gasteiger partial charge in [0.05, 0.1) is 23.7 Å². The molecule has 0 aliphatic carbocycles. The van der Waals surface area contributed by atoms with Crippen molar-refractivity contribution < 1.29 is 9.84 Å². The van der Waals surface area contributed by atoms with E-state index < -0.39 is 6.10 Å². The van der Waals surface area contributed by atoms with E-state index >= 15 is 0 Å². The van der Waals surface area contributed by atoms with Crippen LogP contribution in [0.3, 0.4) is 0 Å². The minimum absolute atomic E-state index is 0.137. The van der Waals surface area contributed by atoms with Crippen molar-refractivity contribution in [2.45, 2.75) is 37.9 Å². The van der Waals surface area contributed by atoms with Crippen LogP contribution in [0.15, 0.2) is 36.5 Å². The van der Waals surface area contributed by atoms with Crippen molar-refractivity contribution in [2.75, 3.05) is 6.61 Å². The minimum atomic E-state index is -0.603. The Morgan fingerprint density at radius 2 is 2.15 bits per heavy atom. The highest BCUT2D eigenvalue weighted by atomic mass is 16.5. The summed E-state index contributed by atoms with van der Waals surface area (Å²) in [7, 11) is 0. The zero-order chi connectivity index (χ0) is 13.8. The molecule has 2 heterocycles. The zero-order valence-corrected chi connectivity index (χ0v) is 11.4. The lowest BCUT2D eigenvalue weighted by molar-refractivity contribution is -0.0167. The Morgan fingerprint density at radius 3 is 2.90 bits per heavy atom. The van der Waals surface area contributed by atoms with Crippen LogP contribution in [0.4, 0.5) is 0 Å². The lowest BCUT2D eigenvalue weighted by Gasteiger charge is -2.24. The summed E-state index contributed by atoms with van der Waals surface area (Å²) in [5, 5.41) is 18.4. The van der Waals surface area contributed by atoms with Crippen molar-refractivity contribution in [3.05, 3.63) is 42.2 Å². The highest BCUT2D eigenvalue weighted by Crippen LogP contribution is 2.25. The SMILES string of the molecule is OC(CC1CCCCO1)c1cnnn1-c1ccccc1. The molecule has 0 bridgehead atoms. The van der Waals surface area contributed by atoms with Crippen molar-refractivity contribution in [1.29, 1.82) is 0 Å². The quantitative estimate of drug-likeness (QED) is 0.928. The van der Waals surface area contributed by atoms with E-state index in [2.05, 4.69) is 10.3 Å². The standard InChI is InChI=1S/C15H19N3O2/c19-15(10-13-8-4-5-9-20-13)14-11-16-17-18(14)12-6-2-1-3-7-12/h1-3,6-7,11,13,15,19H,4-5,8-10H2. The van der Waals surface area contributed by atoms with Crippen molar-refractivity contribution in [2.24, 2.45) is 0 Å². The van der Waals surface area contributed by atoms with Gasteiger partial charge in [-0.15, -0.1) is 5.10 Å². The molecule has 1 aromatic carbocycles. The van der Waals surface area contributed by atoms with E-state index in [0.717, 1.165) is 25.1 Å². The molecule has 5 nitrogen and oxygen atoms in total. The fourth-order valence-corrected chi connectivity index (χ4v) is 2.60. The first kappa shape index (κ1) is 13.3. The number of aliphatic hydroxyl groups excluding tert-OH is 1. The molecule has 20 heavy (non-hydrogen) atoms. The summed E-state index contributed by atoms with van der Waals surface area (Å²) < 4.78 is 7.37. The first-order valence-corrected chi connectivity index (χ1v) is 7.10. The molecule has 106 valence electrons. The summed E-state index contributed by atoms with van der Waals surface area (Å²) in [6.07, 6.45) is 5.07. The fraction of sp³-hybridized carbons (Fsp3) is 0.467. The molecule has 1 aromatic heterocycles. The van der Waals surface area contributed by atoms with Crippen molar-refractivity contribution in [1.82, 2.24) is 15.0 Å². The maximum atomic E-state index is 10.4. The Balaban J connectivity index is 1.75. The van der Waals surface area contributed by atoms with Gasteiger partial charge in [-0.05, 0) is 31.4 Å². The lowest BCUT2D eigenvalue weighted by Crippen LogP contribution is -2.22. The summed E-state index contributed by atoms with van der Waals surface area (Å²) in [5.74, 6) is 0. The van der Waals surface area contributed by atoms with E-state index in [4.69, 9.17) is 4.74 Å². The molecule has 1 N–H and O–H groups in total. The summed E-state index contributed by atoms with van der Waals surface area (Å²) in [6.45, 7) is 0.799. The second-order valence-corrected chi connectivity index (χ2v) is 5.15. The van der Waals surface area contributed by atoms with E-state index in [1.807, 2.05) is 30.3 Å². The predicted molar refractivity (Wildman–Crippen MR) is 74.5 cm³/mol. The van der Waals surface area contributed by atoms with Gasteiger partial charge in [-0.2, -0.15) is 0 Å².